The fourth-order valence-corrected chi connectivity index (χ4v) is 2.41. The Hall–Kier alpha value is -2.01. The summed E-state index contributed by atoms with van der Waals surface area (Å²) in [6.45, 7) is 0. The molecule has 0 saturated heterocycles. The molecule has 0 bridgehead atoms. The third kappa shape index (κ3) is 3.72. The summed E-state index contributed by atoms with van der Waals surface area (Å²) in [5.41, 5.74) is 6.45. The molecule has 3 nitrogen and oxygen atoms in total. The highest BCUT2D eigenvalue weighted by Crippen LogP contribution is 2.29. The minimum absolute atomic E-state index is 0.189. The van der Waals surface area contributed by atoms with Crippen LogP contribution in [0, 0.1) is 5.82 Å². The number of halogens is 1. The molecule has 0 atom stereocenters. The summed E-state index contributed by atoms with van der Waals surface area (Å²) < 4.78 is 13.7. The highest BCUT2D eigenvalue weighted by molar-refractivity contribution is 7.99. The summed E-state index contributed by atoms with van der Waals surface area (Å²) in [6.07, 6.45) is -0.307. The zero-order valence-electron chi connectivity index (χ0n) is 9.97. The van der Waals surface area contributed by atoms with E-state index in [9.17, 15) is 9.18 Å². The topological polar surface area (TPSA) is 63.3 Å². The van der Waals surface area contributed by atoms with Gasteiger partial charge in [-0.25, -0.2) is 4.39 Å². The van der Waals surface area contributed by atoms with Gasteiger partial charge in [0.25, 0.3) is 0 Å². The van der Waals surface area contributed by atoms with Gasteiger partial charge in [0.2, 0.25) is 0 Å². The second-order valence-electron chi connectivity index (χ2n) is 3.99. The standard InChI is InChI=1S/C14H12FNO2S/c15-13-8-12(4-1-9(13)7-14(17)18)19-11-5-2-10(16)3-6-11/h1-6,8H,7,16H2,(H,17,18). The number of carbonyl (C=O) groups is 1. The van der Waals surface area contributed by atoms with E-state index < -0.39 is 11.8 Å². The number of hydrogen-bond donors (Lipinski definition) is 2. The highest BCUT2D eigenvalue weighted by Gasteiger charge is 2.08. The second kappa shape index (κ2) is 5.75. The Morgan fingerprint density at radius 3 is 2.37 bits per heavy atom. The molecule has 2 aromatic rings. The van der Waals surface area contributed by atoms with Crippen LogP contribution in [0.15, 0.2) is 52.3 Å². The molecule has 2 rings (SSSR count). The summed E-state index contributed by atoms with van der Waals surface area (Å²) in [5.74, 6) is -1.54. The Labute approximate surface area is 114 Å². The third-order valence-corrected chi connectivity index (χ3v) is 3.48. The van der Waals surface area contributed by atoms with E-state index >= 15 is 0 Å². The van der Waals surface area contributed by atoms with Crippen molar-refractivity contribution in [1.82, 2.24) is 0 Å². The quantitative estimate of drug-likeness (QED) is 0.842. The highest BCUT2D eigenvalue weighted by atomic mass is 32.2. The van der Waals surface area contributed by atoms with Crippen molar-refractivity contribution in [3.8, 4) is 0 Å². The van der Waals surface area contributed by atoms with E-state index in [1.165, 1.54) is 23.9 Å². The van der Waals surface area contributed by atoms with E-state index in [1.807, 2.05) is 12.1 Å². The number of nitrogens with two attached hydrogens (primary N) is 1. The molecular weight excluding hydrogens is 265 g/mol. The fraction of sp³-hybridized carbons (Fsp3) is 0.0714. The van der Waals surface area contributed by atoms with Crippen molar-refractivity contribution in [1.29, 1.82) is 0 Å². The summed E-state index contributed by atoms with van der Waals surface area (Å²) in [6, 6.07) is 11.8. The molecule has 0 amide bonds. The lowest BCUT2D eigenvalue weighted by Crippen LogP contribution is -2.02. The van der Waals surface area contributed by atoms with Crippen LogP contribution in [0.3, 0.4) is 0 Å². The van der Waals surface area contributed by atoms with Crippen LogP contribution in [-0.4, -0.2) is 11.1 Å². The van der Waals surface area contributed by atoms with Crippen LogP contribution in [0.25, 0.3) is 0 Å². The average molecular weight is 277 g/mol. The fourth-order valence-electron chi connectivity index (χ4n) is 1.57. The third-order valence-electron chi connectivity index (χ3n) is 2.48. The van der Waals surface area contributed by atoms with Crippen LogP contribution < -0.4 is 5.73 Å². The number of nitrogen functional groups attached to an aromatic ring is 1. The molecule has 0 fully saturated rings. The molecular formula is C14H12FNO2S. The van der Waals surface area contributed by atoms with E-state index in [0.717, 1.165) is 9.79 Å². The van der Waals surface area contributed by atoms with Gasteiger partial charge >= 0.3 is 5.97 Å². The van der Waals surface area contributed by atoms with Gasteiger partial charge in [-0.05, 0) is 42.0 Å². The average Bonchev–Trinajstić information content (AvgIpc) is 2.35. The minimum atomic E-state index is -1.04. The van der Waals surface area contributed by atoms with Crippen molar-refractivity contribution in [2.45, 2.75) is 16.2 Å². The maximum Gasteiger partial charge on any atom is 0.307 e. The Morgan fingerprint density at radius 1 is 1.16 bits per heavy atom. The van der Waals surface area contributed by atoms with E-state index in [0.29, 0.717) is 5.69 Å². The molecule has 0 aromatic heterocycles. The molecule has 0 aliphatic heterocycles. The largest absolute Gasteiger partial charge is 0.481 e. The zero-order valence-corrected chi connectivity index (χ0v) is 10.8. The molecule has 98 valence electrons. The molecule has 0 heterocycles. The van der Waals surface area contributed by atoms with Crippen molar-refractivity contribution >= 4 is 23.4 Å². The van der Waals surface area contributed by atoms with Gasteiger partial charge < -0.3 is 10.8 Å². The number of hydrogen-bond acceptors (Lipinski definition) is 3. The first-order valence-corrected chi connectivity index (χ1v) is 6.40. The molecule has 0 radical (unpaired) electrons. The first-order valence-electron chi connectivity index (χ1n) is 5.58. The molecule has 0 spiro atoms. The van der Waals surface area contributed by atoms with Gasteiger partial charge in [-0.3, -0.25) is 4.79 Å². The van der Waals surface area contributed by atoms with Gasteiger partial charge in [0.1, 0.15) is 5.82 Å². The van der Waals surface area contributed by atoms with Gasteiger partial charge in [0, 0.05) is 15.5 Å². The van der Waals surface area contributed by atoms with Gasteiger partial charge in [0.15, 0.2) is 0 Å². The Balaban J connectivity index is 2.15. The lowest BCUT2D eigenvalue weighted by Gasteiger charge is -2.05. The van der Waals surface area contributed by atoms with E-state index in [-0.39, 0.29) is 12.0 Å². The van der Waals surface area contributed by atoms with Crippen molar-refractivity contribution in [3.63, 3.8) is 0 Å². The molecule has 2 aromatic carbocycles. The summed E-state index contributed by atoms with van der Waals surface area (Å²) in [4.78, 5) is 12.2. The number of carboxylic acid groups (broad SMARTS) is 1. The number of aliphatic carboxylic acids is 1. The van der Waals surface area contributed by atoms with Crippen LogP contribution in [0.4, 0.5) is 10.1 Å². The number of anilines is 1. The van der Waals surface area contributed by atoms with Crippen LogP contribution in [0.2, 0.25) is 0 Å². The molecule has 19 heavy (non-hydrogen) atoms. The lowest BCUT2D eigenvalue weighted by atomic mass is 10.1. The lowest BCUT2D eigenvalue weighted by molar-refractivity contribution is -0.136. The van der Waals surface area contributed by atoms with Crippen molar-refractivity contribution in [2.24, 2.45) is 0 Å². The first-order chi connectivity index (χ1) is 9.04. The van der Waals surface area contributed by atoms with Gasteiger partial charge in [-0.15, -0.1) is 0 Å². The van der Waals surface area contributed by atoms with Crippen LogP contribution in [0.5, 0.6) is 0 Å². The van der Waals surface area contributed by atoms with Gasteiger partial charge in [-0.1, -0.05) is 17.8 Å². The molecule has 0 aliphatic rings. The molecule has 5 heteroatoms. The second-order valence-corrected chi connectivity index (χ2v) is 5.14. The van der Waals surface area contributed by atoms with Crippen molar-refractivity contribution in [3.05, 3.63) is 53.8 Å². The first kappa shape index (κ1) is 13.4. The molecule has 0 saturated carbocycles. The maximum atomic E-state index is 13.7. The smallest absolute Gasteiger partial charge is 0.307 e. The monoisotopic (exact) mass is 277 g/mol. The van der Waals surface area contributed by atoms with Gasteiger partial charge in [-0.2, -0.15) is 0 Å². The number of benzene rings is 2. The SMILES string of the molecule is Nc1ccc(Sc2ccc(CC(=O)O)c(F)c2)cc1. The molecule has 0 aliphatic carbocycles. The van der Waals surface area contributed by atoms with E-state index in [4.69, 9.17) is 10.8 Å². The molecule has 0 unspecified atom stereocenters. The Morgan fingerprint density at radius 2 is 1.79 bits per heavy atom. The van der Waals surface area contributed by atoms with Crippen molar-refractivity contribution in [2.75, 3.05) is 5.73 Å². The van der Waals surface area contributed by atoms with Gasteiger partial charge in [0.05, 0.1) is 6.42 Å². The minimum Gasteiger partial charge on any atom is -0.481 e. The predicted octanol–water partition coefficient (Wildman–Crippen LogP) is 3.19. The van der Waals surface area contributed by atoms with E-state index in [2.05, 4.69) is 0 Å². The Kier molecular flexibility index (Phi) is 4.06. The number of carboxylic acids is 1. The molecule has 3 N–H and O–H groups in total. The zero-order chi connectivity index (χ0) is 13.8. The van der Waals surface area contributed by atoms with Crippen LogP contribution in [0.1, 0.15) is 5.56 Å². The van der Waals surface area contributed by atoms with Crippen LogP contribution in [-0.2, 0) is 11.2 Å². The summed E-state index contributed by atoms with van der Waals surface area (Å²) >= 11 is 1.40. The maximum absolute atomic E-state index is 13.7. The summed E-state index contributed by atoms with van der Waals surface area (Å²) in [5, 5.41) is 8.64. The summed E-state index contributed by atoms with van der Waals surface area (Å²) in [7, 11) is 0. The van der Waals surface area contributed by atoms with Crippen LogP contribution >= 0.6 is 11.8 Å². The van der Waals surface area contributed by atoms with Crippen molar-refractivity contribution < 1.29 is 14.3 Å². The predicted molar refractivity (Wildman–Crippen MR) is 72.7 cm³/mol. The van der Waals surface area contributed by atoms with E-state index in [1.54, 1.807) is 18.2 Å². The normalized spacial score (nSPS) is 10.4. The Bertz CT molecular complexity index is 599. The number of rotatable bonds is 4.